The van der Waals surface area contributed by atoms with Gasteiger partial charge in [-0.05, 0) is 25.5 Å². The number of rotatable bonds is 10. The minimum absolute atomic E-state index is 0.159. The summed E-state index contributed by atoms with van der Waals surface area (Å²) >= 11 is 0. The number of hydrogen-bond acceptors (Lipinski definition) is 5. The number of unbranched alkanes of at least 4 members (excludes halogenated alkanes) is 2. The van der Waals surface area contributed by atoms with E-state index in [1.54, 1.807) is 24.3 Å². The summed E-state index contributed by atoms with van der Waals surface area (Å²) in [4.78, 5) is 24.1. The molecule has 122 valence electrons. The molecule has 0 bridgehead atoms. The van der Waals surface area contributed by atoms with Crippen molar-refractivity contribution in [3.63, 3.8) is 0 Å². The van der Waals surface area contributed by atoms with E-state index < -0.39 is 11.9 Å². The van der Waals surface area contributed by atoms with Crippen LogP contribution in [-0.4, -0.2) is 38.4 Å². The average molecular weight is 308 g/mol. The van der Waals surface area contributed by atoms with Crippen LogP contribution in [0.5, 0.6) is 0 Å². The van der Waals surface area contributed by atoms with Crippen LogP contribution in [0.2, 0.25) is 0 Å². The van der Waals surface area contributed by atoms with E-state index in [1.807, 2.05) is 6.92 Å². The van der Waals surface area contributed by atoms with E-state index in [0.29, 0.717) is 19.8 Å². The standard InChI is InChI=1S/C17H24O5/c1-3-5-8-11-21-16(18)14-9-6-7-10-15(14)17(19)22-13-12-20-4-2/h6-7,9-10H,3-5,8,11-13H2,1-2H3. The third kappa shape index (κ3) is 6.26. The van der Waals surface area contributed by atoms with Crippen LogP contribution in [0.15, 0.2) is 24.3 Å². The molecule has 5 heteroatoms. The molecule has 0 amide bonds. The summed E-state index contributed by atoms with van der Waals surface area (Å²) in [5, 5.41) is 0. The highest BCUT2D eigenvalue weighted by atomic mass is 16.6. The second kappa shape index (κ2) is 10.8. The van der Waals surface area contributed by atoms with E-state index in [2.05, 4.69) is 6.92 Å². The summed E-state index contributed by atoms with van der Waals surface area (Å²) in [5.41, 5.74) is 0.458. The monoisotopic (exact) mass is 308 g/mol. The molecule has 0 fully saturated rings. The van der Waals surface area contributed by atoms with E-state index in [9.17, 15) is 9.59 Å². The molecule has 0 heterocycles. The third-order valence-corrected chi connectivity index (χ3v) is 3.01. The zero-order valence-corrected chi connectivity index (χ0v) is 13.3. The van der Waals surface area contributed by atoms with E-state index in [-0.39, 0.29) is 17.7 Å². The fourth-order valence-corrected chi connectivity index (χ4v) is 1.85. The largest absolute Gasteiger partial charge is 0.462 e. The Kier molecular flexibility index (Phi) is 8.91. The first-order valence-corrected chi connectivity index (χ1v) is 7.71. The zero-order valence-electron chi connectivity index (χ0n) is 13.3. The number of esters is 2. The molecule has 0 aliphatic rings. The van der Waals surface area contributed by atoms with E-state index >= 15 is 0 Å². The second-order valence-electron chi connectivity index (χ2n) is 4.72. The first kappa shape index (κ1) is 18.2. The maximum atomic E-state index is 12.1. The number of carbonyl (C=O) groups excluding carboxylic acids is 2. The summed E-state index contributed by atoms with van der Waals surface area (Å²) in [6.45, 7) is 5.37. The molecule has 0 radical (unpaired) electrons. The van der Waals surface area contributed by atoms with Crippen molar-refractivity contribution >= 4 is 11.9 Å². The van der Waals surface area contributed by atoms with Gasteiger partial charge in [0, 0.05) is 6.61 Å². The Bertz CT molecular complexity index is 427. The Labute approximate surface area is 131 Å². The summed E-state index contributed by atoms with van der Waals surface area (Å²) in [7, 11) is 0. The fraction of sp³-hybridized carbons (Fsp3) is 0.529. The molecule has 0 saturated heterocycles. The molecule has 1 aromatic rings. The number of benzene rings is 1. The van der Waals surface area contributed by atoms with Gasteiger partial charge in [-0.25, -0.2) is 9.59 Å². The van der Waals surface area contributed by atoms with E-state index in [4.69, 9.17) is 14.2 Å². The minimum atomic E-state index is -0.541. The summed E-state index contributed by atoms with van der Waals surface area (Å²) in [6.07, 6.45) is 2.89. The van der Waals surface area contributed by atoms with Crippen LogP contribution in [0.1, 0.15) is 53.8 Å². The van der Waals surface area contributed by atoms with Gasteiger partial charge in [-0.3, -0.25) is 0 Å². The molecule has 0 aliphatic heterocycles. The Morgan fingerprint density at radius 1 is 0.864 bits per heavy atom. The Morgan fingerprint density at radius 3 is 2.00 bits per heavy atom. The lowest BCUT2D eigenvalue weighted by atomic mass is 10.1. The predicted molar refractivity (Wildman–Crippen MR) is 83.0 cm³/mol. The van der Waals surface area contributed by atoms with E-state index in [1.165, 1.54) is 0 Å². The van der Waals surface area contributed by atoms with Gasteiger partial charge in [0.1, 0.15) is 6.61 Å². The lowest BCUT2D eigenvalue weighted by molar-refractivity contribution is 0.0325. The summed E-state index contributed by atoms with van der Waals surface area (Å²) < 4.78 is 15.4. The van der Waals surface area contributed by atoms with Crippen LogP contribution in [0, 0.1) is 0 Å². The molecule has 0 N–H and O–H groups in total. The molecule has 0 aliphatic carbocycles. The van der Waals surface area contributed by atoms with Crippen molar-refractivity contribution in [2.75, 3.05) is 26.4 Å². The number of carbonyl (C=O) groups is 2. The molecule has 22 heavy (non-hydrogen) atoms. The van der Waals surface area contributed by atoms with Crippen LogP contribution in [0.4, 0.5) is 0 Å². The molecule has 1 rings (SSSR count). The highest BCUT2D eigenvalue weighted by Gasteiger charge is 2.18. The predicted octanol–water partition coefficient (Wildman–Crippen LogP) is 3.23. The van der Waals surface area contributed by atoms with Gasteiger partial charge < -0.3 is 14.2 Å². The first-order chi connectivity index (χ1) is 10.7. The van der Waals surface area contributed by atoms with Gasteiger partial charge in [0.2, 0.25) is 0 Å². The Morgan fingerprint density at radius 2 is 1.45 bits per heavy atom. The minimum Gasteiger partial charge on any atom is -0.462 e. The Balaban J connectivity index is 2.60. The SMILES string of the molecule is CCCCCOC(=O)c1ccccc1C(=O)OCCOCC. The summed E-state index contributed by atoms with van der Waals surface area (Å²) in [6, 6.07) is 6.51. The molecule has 5 nitrogen and oxygen atoms in total. The smallest absolute Gasteiger partial charge is 0.339 e. The van der Waals surface area contributed by atoms with Crippen LogP contribution in [0.25, 0.3) is 0 Å². The zero-order chi connectivity index (χ0) is 16.2. The average Bonchev–Trinajstić information content (AvgIpc) is 2.55. The molecule has 0 aromatic heterocycles. The summed E-state index contributed by atoms with van der Waals surface area (Å²) in [5.74, 6) is -1.03. The van der Waals surface area contributed by atoms with Crippen molar-refractivity contribution in [2.45, 2.75) is 33.1 Å². The topological polar surface area (TPSA) is 61.8 Å². The van der Waals surface area contributed by atoms with Crippen molar-refractivity contribution in [3.05, 3.63) is 35.4 Å². The van der Waals surface area contributed by atoms with Gasteiger partial charge in [-0.1, -0.05) is 31.9 Å². The molecule has 0 atom stereocenters. The van der Waals surface area contributed by atoms with Crippen molar-refractivity contribution in [3.8, 4) is 0 Å². The fourth-order valence-electron chi connectivity index (χ4n) is 1.85. The number of ether oxygens (including phenoxy) is 3. The van der Waals surface area contributed by atoms with Gasteiger partial charge in [-0.2, -0.15) is 0 Å². The van der Waals surface area contributed by atoms with Crippen LogP contribution in [0.3, 0.4) is 0 Å². The lowest BCUT2D eigenvalue weighted by Crippen LogP contribution is -2.16. The van der Waals surface area contributed by atoms with Crippen LogP contribution >= 0.6 is 0 Å². The van der Waals surface area contributed by atoms with Gasteiger partial charge >= 0.3 is 11.9 Å². The second-order valence-corrected chi connectivity index (χ2v) is 4.72. The highest BCUT2D eigenvalue weighted by Crippen LogP contribution is 2.12. The normalized spacial score (nSPS) is 10.3. The van der Waals surface area contributed by atoms with Gasteiger partial charge in [-0.15, -0.1) is 0 Å². The molecular formula is C17H24O5. The molecule has 0 spiro atoms. The van der Waals surface area contributed by atoms with Crippen molar-refractivity contribution in [1.29, 1.82) is 0 Å². The molecule has 0 unspecified atom stereocenters. The number of hydrogen-bond donors (Lipinski definition) is 0. The first-order valence-electron chi connectivity index (χ1n) is 7.71. The molecular weight excluding hydrogens is 284 g/mol. The maximum Gasteiger partial charge on any atom is 0.339 e. The van der Waals surface area contributed by atoms with E-state index in [0.717, 1.165) is 19.3 Å². The van der Waals surface area contributed by atoms with Gasteiger partial charge in [0.05, 0.1) is 24.3 Å². The molecule has 1 aromatic carbocycles. The lowest BCUT2D eigenvalue weighted by Gasteiger charge is -2.09. The van der Waals surface area contributed by atoms with Crippen molar-refractivity contribution in [2.24, 2.45) is 0 Å². The van der Waals surface area contributed by atoms with Crippen LogP contribution in [-0.2, 0) is 14.2 Å². The van der Waals surface area contributed by atoms with Crippen LogP contribution < -0.4 is 0 Å². The van der Waals surface area contributed by atoms with Gasteiger partial charge in [0.15, 0.2) is 0 Å². The maximum absolute atomic E-state index is 12.1. The third-order valence-electron chi connectivity index (χ3n) is 3.01. The Hall–Kier alpha value is -1.88. The van der Waals surface area contributed by atoms with Gasteiger partial charge in [0.25, 0.3) is 0 Å². The molecule has 0 saturated carbocycles. The highest BCUT2D eigenvalue weighted by molar-refractivity contribution is 6.03. The van der Waals surface area contributed by atoms with Crippen molar-refractivity contribution < 1.29 is 23.8 Å². The quantitative estimate of drug-likeness (QED) is 0.490. The van der Waals surface area contributed by atoms with Crippen molar-refractivity contribution in [1.82, 2.24) is 0 Å².